The highest BCUT2D eigenvalue weighted by atomic mass is 16.5. The predicted molar refractivity (Wildman–Crippen MR) is 104 cm³/mol. The molecule has 1 aliphatic rings. The van der Waals surface area contributed by atoms with Gasteiger partial charge in [-0.15, -0.1) is 5.10 Å². The second-order valence-electron chi connectivity index (χ2n) is 7.52. The molecule has 1 aliphatic heterocycles. The summed E-state index contributed by atoms with van der Waals surface area (Å²) in [4.78, 5) is 11.5. The minimum absolute atomic E-state index is 0.233. The molecule has 0 spiro atoms. The van der Waals surface area contributed by atoms with Crippen molar-refractivity contribution in [3.63, 3.8) is 0 Å². The highest BCUT2D eigenvalue weighted by Gasteiger charge is 2.29. The van der Waals surface area contributed by atoms with E-state index in [0.717, 1.165) is 23.2 Å². The lowest BCUT2D eigenvalue weighted by atomic mass is 10.0. The number of fused-ring (bicyclic) bond motifs is 1. The van der Waals surface area contributed by atoms with E-state index < -0.39 is 0 Å². The number of morpholine rings is 1. The molecule has 1 saturated heterocycles. The third-order valence-electron chi connectivity index (χ3n) is 5.10. The third-order valence-corrected chi connectivity index (χ3v) is 5.10. The molecule has 1 aromatic carbocycles. The molecule has 0 saturated carbocycles. The van der Waals surface area contributed by atoms with Crippen LogP contribution in [0.5, 0.6) is 5.75 Å². The lowest BCUT2D eigenvalue weighted by Gasteiger charge is -2.37. The van der Waals surface area contributed by atoms with Gasteiger partial charge in [0.25, 0.3) is 5.78 Å². The van der Waals surface area contributed by atoms with Gasteiger partial charge in [0.2, 0.25) is 5.95 Å². The number of hydrogen-bond donors (Lipinski definition) is 1. The first-order valence-corrected chi connectivity index (χ1v) is 9.32. The first-order chi connectivity index (χ1) is 12.9. The van der Waals surface area contributed by atoms with E-state index in [9.17, 15) is 5.11 Å². The number of aromatic hydroxyl groups is 1. The van der Waals surface area contributed by atoms with Gasteiger partial charge in [-0.25, -0.2) is 9.50 Å². The maximum absolute atomic E-state index is 10.4. The molecule has 0 amide bonds. The molecule has 142 valence electrons. The number of rotatable bonds is 3. The summed E-state index contributed by atoms with van der Waals surface area (Å²) >= 11 is 0. The molecule has 3 heterocycles. The predicted octanol–water partition coefficient (Wildman–Crippen LogP) is 2.97. The smallest absolute Gasteiger partial charge is 0.254 e. The molecule has 0 radical (unpaired) electrons. The van der Waals surface area contributed by atoms with Crippen LogP contribution in [0.25, 0.3) is 17.0 Å². The molecule has 1 atom stereocenters. The highest BCUT2D eigenvalue weighted by Crippen LogP contribution is 2.32. The molecule has 4 rings (SSSR count). The fraction of sp³-hybridized carbons (Fsp3) is 0.450. The van der Waals surface area contributed by atoms with Gasteiger partial charge in [-0.2, -0.15) is 4.98 Å². The second-order valence-corrected chi connectivity index (χ2v) is 7.52. The van der Waals surface area contributed by atoms with Crippen molar-refractivity contribution in [3.8, 4) is 17.0 Å². The van der Waals surface area contributed by atoms with E-state index in [2.05, 4.69) is 33.8 Å². The molecular weight excluding hydrogens is 342 g/mol. The van der Waals surface area contributed by atoms with Gasteiger partial charge in [-0.05, 0) is 43.0 Å². The number of aromatic nitrogens is 4. The van der Waals surface area contributed by atoms with Gasteiger partial charge in [0.05, 0.1) is 24.9 Å². The van der Waals surface area contributed by atoms with E-state index in [0.29, 0.717) is 36.6 Å². The van der Waals surface area contributed by atoms with Gasteiger partial charge in [-0.1, -0.05) is 19.9 Å². The van der Waals surface area contributed by atoms with Crippen LogP contribution in [-0.4, -0.2) is 50.5 Å². The van der Waals surface area contributed by atoms with Crippen molar-refractivity contribution in [2.24, 2.45) is 5.92 Å². The summed E-state index contributed by atoms with van der Waals surface area (Å²) < 4.78 is 7.32. The van der Waals surface area contributed by atoms with Crippen LogP contribution in [0, 0.1) is 19.8 Å². The minimum Gasteiger partial charge on any atom is -0.507 e. The molecule has 7 nitrogen and oxygen atoms in total. The second kappa shape index (κ2) is 6.81. The molecular formula is C20H25N5O2. The normalized spacial score (nSPS) is 17.8. The summed E-state index contributed by atoms with van der Waals surface area (Å²) in [5.74, 6) is 1.87. The monoisotopic (exact) mass is 367 g/mol. The molecule has 1 fully saturated rings. The van der Waals surface area contributed by atoms with E-state index >= 15 is 0 Å². The van der Waals surface area contributed by atoms with Crippen LogP contribution in [-0.2, 0) is 4.74 Å². The summed E-state index contributed by atoms with van der Waals surface area (Å²) in [6, 6.07) is 5.91. The minimum atomic E-state index is 0.233. The summed E-state index contributed by atoms with van der Waals surface area (Å²) in [7, 11) is 0. The number of hydrogen-bond acceptors (Lipinski definition) is 6. The maximum atomic E-state index is 10.4. The molecule has 0 bridgehead atoms. The number of phenols is 1. The van der Waals surface area contributed by atoms with Gasteiger partial charge < -0.3 is 14.7 Å². The first kappa shape index (κ1) is 17.7. The van der Waals surface area contributed by atoms with Crippen molar-refractivity contribution in [2.75, 3.05) is 24.7 Å². The van der Waals surface area contributed by atoms with Crippen LogP contribution < -0.4 is 4.90 Å². The molecule has 2 aromatic heterocycles. The highest BCUT2D eigenvalue weighted by molar-refractivity contribution is 5.72. The van der Waals surface area contributed by atoms with E-state index in [4.69, 9.17) is 4.74 Å². The van der Waals surface area contributed by atoms with Gasteiger partial charge >= 0.3 is 0 Å². The number of nitrogens with zero attached hydrogens (tertiary/aromatic N) is 5. The quantitative estimate of drug-likeness (QED) is 0.767. The Labute approximate surface area is 158 Å². The number of phenolic OH excluding ortho intramolecular Hbond substituents is 1. The fourth-order valence-corrected chi connectivity index (χ4v) is 3.73. The zero-order valence-electron chi connectivity index (χ0n) is 16.2. The van der Waals surface area contributed by atoms with Crippen molar-refractivity contribution >= 4 is 11.7 Å². The van der Waals surface area contributed by atoms with Gasteiger partial charge in [0.1, 0.15) is 5.75 Å². The van der Waals surface area contributed by atoms with Crippen LogP contribution in [0.3, 0.4) is 0 Å². The van der Waals surface area contributed by atoms with Crippen LogP contribution in [0.1, 0.15) is 25.0 Å². The van der Waals surface area contributed by atoms with Crippen LogP contribution in [0.2, 0.25) is 0 Å². The Morgan fingerprint density at radius 3 is 2.78 bits per heavy atom. The number of anilines is 1. The lowest BCUT2D eigenvalue weighted by molar-refractivity contribution is 0.0797. The number of aryl methyl sites for hydroxylation is 2. The van der Waals surface area contributed by atoms with Crippen LogP contribution in [0.15, 0.2) is 24.4 Å². The summed E-state index contributed by atoms with van der Waals surface area (Å²) in [6.45, 7) is 10.4. The van der Waals surface area contributed by atoms with Crippen molar-refractivity contribution in [1.29, 1.82) is 0 Å². The van der Waals surface area contributed by atoms with Crippen molar-refractivity contribution < 1.29 is 9.84 Å². The van der Waals surface area contributed by atoms with Crippen molar-refractivity contribution in [2.45, 2.75) is 33.7 Å². The molecule has 1 N–H and O–H groups in total. The Balaban J connectivity index is 1.75. The number of benzene rings is 1. The maximum Gasteiger partial charge on any atom is 0.254 e. The summed E-state index contributed by atoms with van der Waals surface area (Å²) in [5.41, 5.74) is 3.43. The van der Waals surface area contributed by atoms with Crippen molar-refractivity contribution in [1.82, 2.24) is 19.6 Å². The van der Waals surface area contributed by atoms with Crippen LogP contribution >= 0.6 is 0 Å². The zero-order valence-corrected chi connectivity index (χ0v) is 16.2. The average Bonchev–Trinajstić information content (AvgIpc) is 3.04. The standard InChI is InChI=1S/C20H25N5O2/c1-12(2)16-11-27-8-7-24(16)20-22-19-21-15(5-6-25(19)23-20)18-14(4)9-13(3)10-17(18)26/h5-6,9-10,12,16,26H,7-8,11H2,1-4H3/t16-/m0/s1. The zero-order chi connectivity index (χ0) is 19.1. The van der Waals surface area contributed by atoms with E-state index in [1.807, 2.05) is 32.2 Å². The molecule has 27 heavy (non-hydrogen) atoms. The Bertz CT molecular complexity index is 959. The Kier molecular flexibility index (Phi) is 4.47. The molecule has 0 aliphatic carbocycles. The first-order valence-electron chi connectivity index (χ1n) is 9.32. The average molecular weight is 367 g/mol. The van der Waals surface area contributed by atoms with E-state index in [-0.39, 0.29) is 11.8 Å². The van der Waals surface area contributed by atoms with Crippen LogP contribution in [0.4, 0.5) is 5.95 Å². The summed E-state index contributed by atoms with van der Waals surface area (Å²) in [6.07, 6.45) is 1.84. The Morgan fingerprint density at radius 1 is 1.22 bits per heavy atom. The molecule has 3 aromatic rings. The van der Waals surface area contributed by atoms with Crippen molar-refractivity contribution in [3.05, 3.63) is 35.5 Å². The topological polar surface area (TPSA) is 75.8 Å². The largest absolute Gasteiger partial charge is 0.507 e. The van der Waals surface area contributed by atoms with Gasteiger partial charge in [0.15, 0.2) is 0 Å². The SMILES string of the molecule is Cc1cc(C)c(-c2ccn3nc(N4CCOC[C@H]4C(C)C)nc3n2)c(O)c1. The van der Waals surface area contributed by atoms with E-state index in [1.54, 1.807) is 10.6 Å². The fourth-order valence-electron chi connectivity index (χ4n) is 3.73. The number of ether oxygens (including phenoxy) is 1. The Hall–Kier alpha value is -2.67. The Morgan fingerprint density at radius 2 is 2.04 bits per heavy atom. The van der Waals surface area contributed by atoms with Gasteiger partial charge in [-0.3, -0.25) is 0 Å². The third kappa shape index (κ3) is 3.23. The van der Waals surface area contributed by atoms with Gasteiger partial charge in [0, 0.05) is 18.3 Å². The summed E-state index contributed by atoms with van der Waals surface area (Å²) in [5, 5.41) is 15.0. The lowest BCUT2D eigenvalue weighted by Crippen LogP contribution is -2.49. The van der Waals surface area contributed by atoms with E-state index in [1.165, 1.54) is 0 Å². The molecule has 7 heteroatoms. The molecule has 0 unspecified atom stereocenters.